The van der Waals surface area contributed by atoms with Gasteiger partial charge >= 0.3 is 6.03 Å². The molecule has 2 aromatic carbocycles. The highest BCUT2D eigenvalue weighted by Crippen LogP contribution is 2.28. The Kier molecular flexibility index (Phi) is 6.35. The summed E-state index contributed by atoms with van der Waals surface area (Å²) >= 11 is 0. The molecule has 0 aliphatic carbocycles. The summed E-state index contributed by atoms with van der Waals surface area (Å²) in [6.45, 7) is 3.61. The van der Waals surface area contributed by atoms with Crippen molar-refractivity contribution in [3.05, 3.63) is 53.6 Å². The lowest BCUT2D eigenvalue weighted by Crippen LogP contribution is -2.49. The van der Waals surface area contributed by atoms with Crippen LogP contribution in [0, 0.1) is 11.3 Å². The summed E-state index contributed by atoms with van der Waals surface area (Å²) in [7, 11) is 3.25. The maximum Gasteiger partial charge on any atom is 0.321 e. The molecule has 1 heterocycles. The molecule has 0 spiro atoms. The van der Waals surface area contributed by atoms with E-state index in [-0.39, 0.29) is 6.03 Å². The van der Waals surface area contributed by atoms with E-state index in [0.29, 0.717) is 35.8 Å². The molecule has 7 heteroatoms. The third-order valence-corrected chi connectivity index (χ3v) is 4.80. The molecule has 0 atom stereocenters. The Morgan fingerprint density at radius 3 is 2.46 bits per heavy atom. The molecule has 0 bridgehead atoms. The maximum absolute atomic E-state index is 12.5. The van der Waals surface area contributed by atoms with Gasteiger partial charge in [0.15, 0.2) is 11.5 Å². The SMILES string of the molecule is COc1ccc(CN2CCN(C(=O)Nc3ccccc3C#N)CC2)cc1OC. The van der Waals surface area contributed by atoms with E-state index in [1.165, 1.54) is 0 Å². The van der Waals surface area contributed by atoms with Crippen molar-refractivity contribution < 1.29 is 14.3 Å². The van der Waals surface area contributed by atoms with Crippen molar-refractivity contribution in [2.24, 2.45) is 0 Å². The fraction of sp³-hybridized carbons (Fsp3) is 0.333. The molecule has 2 aromatic rings. The van der Waals surface area contributed by atoms with Gasteiger partial charge in [-0.3, -0.25) is 4.90 Å². The minimum Gasteiger partial charge on any atom is -0.493 e. The summed E-state index contributed by atoms with van der Waals surface area (Å²) in [4.78, 5) is 16.6. The molecule has 7 nitrogen and oxygen atoms in total. The number of nitrogens with zero attached hydrogens (tertiary/aromatic N) is 3. The van der Waals surface area contributed by atoms with Gasteiger partial charge in [-0.05, 0) is 29.8 Å². The van der Waals surface area contributed by atoms with Crippen LogP contribution >= 0.6 is 0 Å². The van der Waals surface area contributed by atoms with Gasteiger partial charge in [0.05, 0.1) is 25.5 Å². The molecule has 2 amide bonds. The van der Waals surface area contributed by atoms with E-state index >= 15 is 0 Å². The first-order valence-corrected chi connectivity index (χ1v) is 9.13. The summed E-state index contributed by atoms with van der Waals surface area (Å²) in [5.74, 6) is 1.43. The third kappa shape index (κ3) is 4.53. The lowest BCUT2D eigenvalue weighted by molar-refractivity contribution is 0.143. The zero-order chi connectivity index (χ0) is 19.9. The zero-order valence-corrected chi connectivity index (χ0v) is 16.1. The smallest absolute Gasteiger partial charge is 0.321 e. The second-order valence-corrected chi connectivity index (χ2v) is 6.54. The molecular weight excluding hydrogens is 356 g/mol. The van der Waals surface area contributed by atoms with Crippen LogP contribution in [0.3, 0.4) is 0 Å². The molecule has 0 unspecified atom stereocenters. The quantitative estimate of drug-likeness (QED) is 0.863. The number of nitriles is 1. The number of para-hydroxylation sites is 1. The van der Waals surface area contributed by atoms with E-state index in [0.717, 1.165) is 25.2 Å². The number of ether oxygens (including phenoxy) is 2. The van der Waals surface area contributed by atoms with Crippen LogP contribution < -0.4 is 14.8 Å². The standard InChI is InChI=1S/C21H24N4O3/c1-27-19-8-7-16(13-20(19)28-2)15-24-9-11-25(12-10-24)21(26)23-18-6-4-3-5-17(18)14-22/h3-8,13H,9-12,15H2,1-2H3,(H,23,26). The minimum absolute atomic E-state index is 0.173. The zero-order valence-electron chi connectivity index (χ0n) is 16.1. The molecule has 1 saturated heterocycles. The number of methoxy groups -OCH3 is 2. The van der Waals surface area contributed by atoms with Gasteiger partial charge in [0.2, 0.25) is 0 Å². The van der Waals surface area contributed by atoms with Crippen molar-refractivity contribution in [2.75, 3.05) is 45.7 Å². The Labute approximate surface area is 165 Å². The summed E-state index contributed by atoms with van der Waals surface area (Å²) in [5.41, 5.74) is 2.14. The lowest BCUT2D eigenvalue weighted by Gasteiger charge is -2.34. The number of nitrogens with one attached hydrogen (secondary N) is 1. The predicted octanol–water partition coefficient (Wildman–Crippen LogP) is 2.93. The van der Waals surface area contributed by atoms with E-state index < -0.39 is 0 Å². The summed E-state index contributed by atoms with van der Waals surface area (Å²) in [5, 5.41) is 12.0. The second-order valence-electron chi connectivity index (χ2n) is 6.54. The molecule has 0 radical (unpaired) electrons. The molecule has 1 aliphatic rings. The van der Waals surface area contributed by atoms with Crippen molar-refractivity contribution in [2.45, 2.75) is 6.54 Å². The Hall–Kier alpha value is -3.24. The van der Waals surface area contributed by atoms with Crippen LogP contribution in [-0.4, -0.2) is 56.2 Å². The number of carbonyl (C=O) groups excluding carboxylic acids is 1. The first-order chi connectivity index (χ1) is 13.6. The van der Waals surface area contributed by atoms with Gasteiger partial charge in [-0.1, -0.05) is 18.2 Å². The van der Waals surface area contributed by atoms with Crippen molar-refractivity contribution in [1.82, 2.24) is 9.80 Å². The number of piperazine rings is 1. The largest absolute Gasteiger partial charge is 0.493 e. The molecule has 1 N–H and O–H groups in total. The van der Waals surface area contributed by atoms with Crippen molar-refractivity contribution >= 4 is 11.7 Å². The number of urea groups is 1. The number of rotatable bonds is 5. The van der Waals surface area contributed by atoms with Gasteiger partial charge in [0.1, 0.15) is 6.07 Å². The average Bonchev–Trinajstić information content (AvgIpc) is 2.74. The van der Waals surface area contributed by atoms with E-state index in [1.807, 2.05) is 18.2 Å². The average molecular weight is 380 g/mol. The number of hydrogen-bond donors (Lipinski definition) is 1. The minimum atomic E-state index is -0.173. The van der Waals surface area contributed by atoms with Gasteiger partial charge in [-0.25, -0.2) is 4.79 Å². The molecule has 0 saturated carbocycles. The predicted molar refractivity (Wildman–Crippen MR) is 107 cm³/mol. The van der Waals surface area contributed by atoms with Crippen LogP contribution in [0.5, 0.6) is 11.5 Å². The highest BCUT2D eigenvalue weighted by Gasteiger charge is 2.22. The molecule has 1 aliphatic heterocycles. The van der Waals surface area contributed by atoms with E-state index in [1.54, 1.807) is 43.4 Å². The van der Waals surface area contributed by atoms with Gasteiger partial charge in [0, 0.05) is 32.7 Å². The lowest BCUT2D eigenvalue weighted by atomic mass is 10.1. The first kappa shape index (κ1) is 19.5. The number of amides is 2. The van der Waals surface area contributed by atoms with Crippen LogP contribution in [0.25, 0.3) is 0 Å². The third-order valence-electron chi connectivity index (χ3n) is 4.80. The first-order valence-electron chi connectivity index (χ1n) is 9.13. The molecule has 3 rings (SSSR count). The van der Waals surface area contributed by atoms with Gasteiger partial charge in [-0.2, -0.15) is 5.26 Å². The Balaban J connectivity index is 1.54. The Morgan fingerprint density at radius 1 is 1.07 bits per heavy atom. The fourth-order valence-electron chi connectivity index (χ4n) is 3.23. The second kappa shape index (κ2) is 9.11. The summed E-state index contributed by atoms with van der Waals surface area (Å²) in [6, 6.07) is 14.9. The maximum atomic E-state index is 12.5. The Morgan fingerprint density at radius 2 is 1.79 bits per heavy atom. The topological polar surface area (TPSA) is 77.8 Å². The van der Waals surface area contributed by atoms with Crippen LogP contribution in [-0.2, 0) is 6.54 Å². The Bertz CT molecular complexity index is 870. The molecule has 146 valence electrons. The van der Waals surface area contributed by atoms with E-state index in [9.17, 15) is 4.79 Å². The fourth-order valence-corrected chi connectivity index (χ4v) is 3.23. The van der Waals surface area contributed by atoms with Crippen LogP contribution in [0.2, 0.25) is 0 Å². The van der Waals surface area contributed by atoms with Gasteiger partial charge in [0.25, 0.3) is 0 Å². The van der Waals surface area contributed by atoms with Crippen LogP contribution in [0.15, 0.2) is 42.5 Å². The van der Waals surface area contributed by atoms with Crippen molar-refractivity contribution in [1.29, 1.82) is 5.26 Å². The number of carbonyl (C=O) groups is 1. The van der Waals surface area contributed by atoms with Gasteiger partial charge < -0.3 is 19.7 Å². The van der Waals surface area contributed by atoms with E-state index in [4.69, 9.17) is 14.7 Å². The summed E-state index contributed by atoms with van der Waals surface area (Å²) < 4.78 is 10.6. The molecule has 28 heavy (non-hydrogen) atoms. The molecule has 0 aromatic heterocycles. The van der Waals surface area contributed by atoms with Crippen LogP contribution in [0.1, 0.15) is 11.1 Å². The summed E-state index contributed by atoms with van der Waals surface area (Å²) in [6.07, 6.45) is 0. The number of benzene rings is 2. The molecular formula is C21H24N4O3. The van der Waals surface area contributed by atoms with Crippen LogP contribution in [0.4, 0.5) is 10.5 Å². The monoisotopic (exact) mass is 380 g/mol. The van der Waals surface area contributed by atoms with Crippen molar-refractivity contribution in [3.63, 3.8) is 0 Å². The normalized spacial score (nSPS) is 14.2. The van der Waals surface area contributed by atoms with E-state index in [2.05, 4.69) is 16.3 Å². The molecule has 1 fully saturated rings. The number of anilines is 1. The number of hydrogen-bond acceptors (Lipinski definition) is 5. The van der Waals surface area contributed by atoms with Gasteiger partial charge in [-0.15, -0.1) is 0 Å². The van der Waals surface area contributed by atoms with Crippen molar-refractivity contribution in [3.8, 4) is 17.6 Å². The highest BCUT2D eigenvalue weighted by molar-refractivity contribution is 5.90. The highest BCUT2D eigenvalue weighted by atomic mass is 16.5.